The Morgan fingerprint density at radius 3 is 2.96 bits per heavy atom. The monoisotopic (exact) mass is 343 g/mol. The van der Waals surface area contributed by atoms with Crippen LogP contribution in [0.15, 0.2) is 42.0 Å². The summed E-state index contributed by atoms with van der Waals surface area (Å²) in [6.45, 7) is 1.99. The molecule has 0 aliphatic rings. The Hall–Kier alpha value is -2.74. The first-order valence-corrected chi connectivity index (χ1v) is 8.30. The molecule has 0 aliphatic heterocycles. The van der Waals surface area contributed by atoms with Crippen LogP contribution >= 0.6 is 11.3 Å². The predicted molar refractivity (Wildman–Crippen MR) is 90.7 cm³/mol. The molecule has 3 aromatic rings. The van der Waals surface area contributed by atoms with Crippen LogP contribution in [0.2, 0.25) is 0 Å². The van der Waals surface area contributed by atoms with Crippen LogP contribution in [0.25, 0.3) is 5.69 Å². The maximum atomic E-state index is 12.5. The Kier molecular flexibility index (Phi) is 4.85. The van der Waals surface area contributed by atoms with Gasteiger partial charge in [0.2, 0.25) is 0 Å². The third kappa shape index (κ3) is 3.60. The summed E-state index contributed by atoms with van der Waals surface area (Å²) in [6.07, 6.45) is 2.26. The summed E-state index contributed by atoms with van der Waals surface area (Å²) >= 11 is 1.69. The van der Waals surface area contributed by atoms with Crippen LogP contribution < -0.4 is 10.1 Å². The van der Waals surface area contributed by atoms with Crippen molar-refractivity contribution in [3.8, 4) is 11.4 Å². The normalized spacial score (nSPS) is 11.9. The summed E-state index contributed by atoms with van der Waals surface area (Å²) in [4.78, 5) is 13.7. The molecule has 24 heavy (non-hydrogen) atoms. The number of aromatic nitrogens is 4. The van der Waals surface area contributed by atoms with E-state index in [1.807, 2.05) is 18.4 Å². The van der Waals surface area contributed by atoms with Crippen LogP contribution in [0.4, 0.5) is 0 Å². The van der Waals surface area contributed by atoms with Crippen molar-refractivity contribution in [2.45, 2.75) is 19.4 Å². The number of tetrazole rings is 1. The number of rotatable bonds is 6. The second-order valence-electron chi connectivity index (χ2n) is 5.30. The standard InChI is InChI=1S/C16H17N5O2S/c1-11(8-13-4-3-7-24-13)18-16(22)12-5-6-15(23-2)14(9-12)21-10-17-19-20-21/h3-7,9-11H,8H2,1-2H3,(H,18,22)/t11-/m1/s1. The molecule has 1 atom stereocenters. The molecule has 1 aromatic carbocycles. The fourth-order valence-electron chi connectivity index (χ4n) is 2.37. The van der Waals surface area contributed by atoms with Crippen molar-refractivity contribution in [1.29, 1.82) is 0 Å². The highest BCUT2D eigenvalue weighted by Gasteiger charge is 2.15. The molecule has 8 heteroatoms. The van der Waals surface area contributed by atoms with Crippen molar-refractivity contribution in [3.63, 3.8) is 0 Å². The van der Waals surface area contributed by atoms with E-state index in [4.69, 9.17) is 4.74 Å². The van der Waals surface area contributed by atoms with Crippen LogP contribution in [0.3, 0.4) is 0 Å². The quantitative estimate of drug-likeness (QED) is 0.741. The van der Waals surface area contributed by atoms with Gasteiger partial charge in [0.15, 0.2) is 0 Å². The Bertz CT molecular complexity index is 802. The van der Waals surface area contributed by atoms with E-state index >= 15 is 0 Å². The second-order valence-corrected chi connectivity index (χ2v) is 6.33. The molecule has 0 saturated carbocycles. The van der Waals surface area contributed by atoms with E-state index in [1.165, 1.54) is 15.9 Å². The second kappa shape index (κ2) is 7.22. The van der Waals surface area contributed by atoms with Crippen molar-refractivity contribution in [2.24, 2.45) is 0 Å². The van der Waals surface area contributed by atoms with Gasteiger partial charge in [-0.15, -0.1) is 16.4 Å². The zero-order chi connectivity index (χ0) is 16.9. The molecule has 1 N–H and O–H groups in total. The maximum Gasteiger partial charge on any atom is 0.251 e. The highest BCUT2D eigenvalue weighted by molar-refractivity contribution is 7.09. The van der Waals surface area contributed by atoms with Crippen LogP contribution in [0.5, 0.6) is 5.75 Å². The van der Waals surface area contributed by atoms with E-state index in [2.05, 4.69) is 26.9 Å². The summed E-state index contributed by atoms with van der Waals surface area (Å²) in [5.74, 6) is 0.446. The zero-order valence-corrected chi connectivity index (χ0v) is 14.2. The fraction of sp³-hybridized carbons (Fsp3) is 0.250. The number of carbonyl (C=O) groups excluding carboxylic acids is 1. The van der Waals surface area contributed by atoms with Gasteiger partial charge in [-0.2, -0.15) is 4.68 Å². The van der Waals surface area contributed by atoms with Gasteiger partial charge < -0.3 is 10.1 Å². The first-order valence-electron chi connectivity index (χ1n) is 7.42. The zero-order valence-electron chi connectivity index (χ0n) is 13.3. The summed E-state index contributed by atoms with van der Waals surface area (Å²) < 4.78 is 6.77. The number of hydrogen-bond acceptors (Lipinski definition) is 6. The number of nitrogens with one attached hydrogen (secondary N) is 1. The van der Waals surface area contributed by atoms with Crippen molar-refractivity contribution < 1.29 is 9.53 Å². The molecule has 0 fully saturated rings. The van der Waals surface area contributed by atoms with Crippen molar-refractivity contribution in [2.75, 3.05) is 7.11 Å². The average molecular weight is 343 g/mol. The molecule has 3 rings (SSSR count). The van der Waals surface area contributed by atoms with Gasteiger partial charge in [0.25, 0.3) is 5.91 Å². The molecule has 2 heterocycles. The fourth-order valence-corrected chi connectivity index (χ4v) is 3.21. The molecule has 7 nitrogen and oxygen atoms in total. The van der Waals surface area contributed by atoms with Gasteiger partial charge in [0.1, 0.15) is 17.8 Å². The lowest BCUT2D eigenvalue weighted by Gasteiger charge is -2.14. The molecular weight excluding hydrogens is 326 g/mol. The van der Waals surface area contributed by atoms with Gasteiger partial charge in [-0.3, -0.25) is 4.79 Å². The van der Waals surface area contributed by atoms with Crippen LogP contribution in [-0.4, -0.2) is 39.3 Å². The predicted octanol–water partition coefficient (Wildman–Crippen LogP) is 2.09. The van der Waals surface area contributed by atoms with E-state index in [0.717, 1.165) is 6.42 Å². The number of methoxy groups -OCH3 is 1. The van der Waals surface area contributed by atoms with Gasteiger partial charge >= 0.3 is 0 Å². The average Bonchev–Trinajstić information content (AvgIpc) is 3.27. The van der Waals surface area contributed by atoms with Gasteiger partial charge in [-0.05, 0) is 47.0 Å². The highest BCUT2D eigenvalue weighted by atomic mass is 32.1. The lowest BCUT2D eigenvalue weighted by Crippen LogP contribution is -2.33. The van der Waals surface area contributed by atoms with E-state index in [-0.39, 0.29) is 11.9 Å². The van der Waals surface area contributed by atoms with E-state index in [1.54, 1.807) is 36.6 Å². The number of thiophene rings is 1. The molecule has 0 unspecified atom stereocenters. The van der Waals surface area contributed by atoms with Crippen molar-refractivity contribution in [1.82, 2.24) is 25.5 Å². The third-order valence-electron chi connectivity index (χ3n) is 3.50. The number of benzene rings is 1. The molecule has 0 saturated heterocycles. The molecule has 124 valence electrons. The molecule has 0 radical (unpaired) electrons. The van der Waals surface area contributed by atoms with E-state index in [9.17, 15) is 4.79 Å². The smallest absolute Gasteiger partial charge is 0.251 e. The Balaban J connectivity index is 1.76. The van der Waals surface area contributed by atoms with Gasteiger partial charge in [-0.1, -0.05) is 6.07 Å². The highest BCUT2D eigenvalue weighted by Crippen LogP contribution is 2.23. The summed E-state index contributed by atoms with van der Waals surface area (Å²) in [7, 11) is 1.56. The minimum Gasteiger partial charge on any atom is -0.494 e. The summed E-state index contributed by atoms with van der Waals surface area (Å²) in [5, 5.41) is 16.1. The summed E-state index contributed by atoms with van der Waals surface area (Å²) in [5.41, 5.74) is 1.14. The van der Waals surface area contributed by atoms with Crippen LogP contribution in [0.1, 0.15) is 22.2 Å². The molecular formula is C16H17N5O2S. The van der Waals surface area contributed by atoms with Crippen molar-refractivity contribution in [3.05, 3.63) is 52.5 Å². The molecule has 1 amide bonds. The van der Waals surface area contributed by atoms with Gasteiger partial charge in [0, 0.05) is 22.9 Å². The number of hydrogen-bond donors (Lipinski definition) is 1. The van der Waals surface area contributed by atoms with E-state index < -0.39 is 0 Å². The minimum atomic E-state index is -0.143. The van der Waals surface area contributed by atoms with E-state index in [0.29, 0.717) is 17.0 Å². The molecule has 0 bridgehead atoms. The Morgan fingerprint density at radius 1 is 1.42 bits per heavy atom. The maximum absolute atomic E-state index is 12.5. The van der Waals surface area contributed by atoms with Crippen LogP contribution in [0, 0.1) is 0 Å². The first-order chi connectivity index (χ1) is 11.7. The SMILES string of the molecule is COc1ccc(C(=O)N[C@H](C)Cc2cccs2)cc1-n1cnnn1. The van der Waals surface area contributed by atoms with Crippen LogP contribution in [-0.2, 0) is 6.42 Å². The number of nitrogens with zero attached hydrogens (tertiary/aromatic N) is 4. The van der Waals surface area contributed by atoms with Gasteiger partial charge in [-0.25, -0.2) is 0 Å². The summed E-state index contributed by atoms with van der Waals surface area (Å²) in [6, 6.07) is 9.28. The topological polar surface area (TPSA) is 81.9 Å². The van der Waals surface area contributed by atoms with Crippen molar-refractivity contribution >= 4 is 17.2 Å². The lowest BCUT2D eigenvalue weighted by molar-refractivity contribution is 0.0940. The molecule has 0 aliphatic carbocycles. The number of carbonyl (C=O) groups is 1. The van der Waals surface area contributed by atoms with Gasteiger partial charge in [0.05, 0.1) is 7.11 Å². The number of ether oxygens (including phenoxy) is 1. The third-order valence-corrected chi connectivity index (χ3v) is 4.40. The molecule has 0 spiro atoms. The minimum absolute atomic E-state index is 0.0368. The Morgan fingerprint density at radius 2 is 2.29 bits per heavy atom. The molecule has 2 aromatic heterocycles. The number of amides is 1. The first kappa shape index (κ1) is 16.1. The Labute approximate surface area is 143 Å². The largest absolute Gasteiger partial charge is 0.494 e. The lowest BCUT2D eigenvalue weighted by atomic mass is 10.1.